The number of nitrogens with zero attached hydrogens (tertiary/aromatic N) is 2. The molecule has 268 valence electrons. The molecule has 3 rings (SSSR count). The Hall–Kier alpha value is -1.23. The zero-order chi connectivity index (χ0) is 35.7. The number of amides is 2. The first-order valence-electron chi connectivity index (χ1n) is 16.6. The summed E-state index contributed by atoms with van der Waals surface area (Å²) in [6.45, 7) is 41.9. The number of rotatable bonds is 7. The quantitative estimate of drug-likeness (QED) is 0.298. The van der Waals surface area contributed by atoms with E-state index in [1.807, 2.05) is 46.4 Å². The number of β-amino-alcohol motifs (C(OH)–C–C–N with tert-alkyl or cyclic N) is 1. The third-order valence-corrected chi connectivity index (χ3v) is 7.66. The molecule has 0 bridgehead atoms. The Morgan fingerprint density at radius 3 is 1.49 bits per heavy atom. The van der Waals surface area contributed by atoms with Crippen molar-refractivity contribution < 1.29 is 34.0 Å². The first kappa shape index (κ1) is 43.8. The fourth-order valence-corrected chi connectivity index (χ4v) is 3.74. The maximum atomic E-state index is 12.0. The van der Waals surface area contributed by atoms with Crippen LogP contribution in [0.4, 0.5) is 4.79 Å². The molecule has 45 heavy (non-hydrogen) atoms. The molecule has 0 aliphatic carbocycles. The van der Waals surface area contributed by atoms with Crippen molar-refractivity contribution in [1.82, 2.24) is 9.80 Å². The second-order valence-corrected chi connectivity index (χ2v) is 17.7. The van der Waals surface area contributed by atoms with Gasteiger partial charge >= 0.3 is 6.03 Å². The second-order valence-electron chi connectivity index (χ2n) is 17.7. The van der Waals surface area contributed by atoms with E-state index >= 15 is 0 Å². The van der Waals surface area contributed by atoms with E-state index in [0.29, 0.717) is 43.7 Å². The summed E-state index contributed by atoms with van der Waals surface area (Å²) < 4.78 is 21.2. The smallest absolute Gasteiger partial charge is 0.320 e. The summed E-state index contributed by atoms with van der Waals surface area (Å²) in [5.74, 6) is 0. The number of urea groups is 1. The van der Waals surface area contributed by atoms with Crippen molar-refractivity contribution in [2.45, 2.75) is 145 Å². The van der Waals surface area contributed by atoms with Crippen LogP contribution in [0.1, 0.15) is 117 Å². The highest BCUT2D eigenvalue weighted by molar-refractivity contribution is 5.77. The van der Waals surface area contributed by atoms with Gasteiger partial charge in [-0.3, -0.25) is 0 Å². The van der Waals surface area contributed by atoms with Crippen LogP contribution in [0, 0.1) is 10.8 Å². The molecular weight excluding hydrogens is 572 g/mol. The zero-order valence-electron chi connectivity index (χ0n) is 32.1. The monoisotopic (exact) mass is 645 g/mol. The maximum Gasteiger partial charge on any atom is 0.320 e. The van der Waals surface area contributed by atoms with E-state index in [1.165, 1.54) is 5.57 Å². The largest absolute Gasteiger partial charge is 0.389 e. The molecule has 0 atom stereocenters. The van der Waals surface area contributed by atoms with Crippen molar-refractivity contribution in [3.63, 3.8) is 0 Å². The summed E-state index contributed by atoms with van der Waals surface area (Å²) in [7, 11) is 0. The van der Waals surface area contributed by atoms with Crippen LogP contribution in [-0.2, 0) is 18.9 Å². The standard InChI is InChI=1S/C11H22N2O2.C10H20O2.C8H16O3.C7H14/c1-10(2,3)13-7-6-12(9(13)14)8-11(4,5)15;1-5-10(6-11-7-10)8-12-9(2,3)4;1-7(2,3)11-6-8(9)4-10-5-8;1-6(2)7(3,4)5/h15H,6-8H2,1-5H3;5-8H2,1-4H3;9H,4-6H2,1-3H3;1H2,2-5H3. The summed E-state index contributed by atoms with van der Waals surface area (Å²) in [5, 5.41) is 19.2. The molecule has 3 fully saturated rings. The molecule has 0 saturated carbocycles. The Morgan fingerprint density at radius 1 is 0.822 bits per heavy atom. The fraction of sp³-hybridized carbons (Fsp3) is 0.917. The molecule has 0 radical (unpaired) electrons. The fourth-order valence-electron chi connectivity index (χ4n) is 3.74. The van der Waals surface area contributed by atoms with E-state index in [-0.39, 0.29) is 22.8 Å². The molecule has 2 N–H and O–H groups in total. The Balaban J connectivity index is 0.000000592. The number of aliphatic hydroxyl groups is 2. The highest BCUT2D eigenvalue weighted by Crippen LogP contribution is 2.32. The van der Waals surface area contributed by atoms with Gasteiger partial charge < -0.3 is 39.0 Å². The van der Waals surface area contributed by atoms with Crippen molar-refractivity contribution in [1.29, 1.82) is 0 Å². The van der Waals surface area contributed by atoms with Crippen molar-refractivity contribution >= 4 is 6.03 Å². The van der Waals surface area contributed by atoms with Gasteiger partial charge in [0, 0.05) is 24.0 Å². The van der Waals surface area contributed by atoms with Crippen LogP contribution in [0.2, 0.25) is 0 Å². The van der Waals surface area contributed by atoms with Crippen molar-refractivity contribution in [2.24, 2.45) is 10.8 Å². The van der Waals surface area contributed by atoms with Gasteiger partial charge in [0.2, 0.25) is 0 Å². The number of hydrogen-bond donors (Lipinski definition) is 2. The SMILES string of the molecule is C=C(C)C(C)(C)C.CC(C)(C)OCC1(O)COC1.CC(C)(O)CN1CCN(C(C)(C)C)C1=O.CCC1(COC(C)(C)C)COC1. The lowest BCUT2D eigenvalue weighted by molar-refractivity contribution is -0.218. The van der Waals surface area contributed by atoms with Gasteiger partial charge in [0.25, 0.3) is 0 Å². The third-order valence-electron chi connectivity index (χ3n) is 7.66. The van der Waals surface area contributed by atoms with Crippen molar-refractivity contribution in [3.8, 4) is 0 Å². The van der Waals surface area contributed by atoms with E-state index in [1.54, 1.807) is 18.7 Å². The van der Waals surface area contributed by atoms with E-state index in [4.69, 9.17) is 18.9 Å². The molecule has 0 aromatic carbocycles. The van der Waals surface area contributed by atoms with Gasteiger partial charge in [0.05, 0.1) is 63.0 Å². The molecular formula is C36H72N2O7. The predicted molar refractivity (Wildman–Crippen MR) is 185 cm³/mol. The van der Waals surface area contributed by atoms with Gasteiger partial charge in [-0.25, -0.2) is 4.79 Å². The van der Waals surface area contributed by atoms with Crippen LogP contribution in [0.25, 0.3) is 0 Å². The van der Waals surface area contributed by atoms with Gasteiger partial charge in [0.1, 0.15) is 5.60 Å². The predicted octanol–water partition coefficient (Wildman–Crippen LogP) is 6.69. The van der Waals surface area contributed by atoms with Gasteiger partial charge in [-0.15, -0.1) is 0 Å². The summed E-state index contributed by atoms with van der Waals surface area (Å²) in [6.07, 6.45) is 1.16. The highest BCUT2D eigenvalue weighted by atomic mass is 16.6. The van der Waals surface area contributed by atoms with Gasteiger partial charge in [0.15, 0.2) is 0 Å². The molecule has 2 amide bonds. The van der Waals surface area contributed by atoms with E-state index in [0.717, 1.165) is 32.8 Å². The first-order valence-corrected chi connectivity index (χ1v) is 16.6. The average Bonchev–Trinajstić information content (AvgIpc) is 3.14. The minimum absolute atomic E-state index is 0.0161. The highest BCUT2D eigenvalue weighted by Gasteiger charge is 2.39. The van der Waals surface area contributed by atoms with Gasteiger partial charge in [-0.1, -0.05) is 39.8 Å². The minimum Gasteiger partial charge on any atom is -0.389 e. The topological polar surface area (TPSA) is 101 Å². The molecule has 9 heteroatoms. The van der Waals surface area contributed by atoms with Crippen LogP contribution < -0.4 is 0 Å². The summed E-state index contributed by atoms with van der Waals surface area (Å²) >= 11 is 0. The molecule has 3 saturated heterocycles. The molecule has 0 aromatic rings. The lowest BCUT2D eigenvalue weighted by atomic mass is 9.84. The van der Waals surface area contributed by atoms with Crippen molar-refractivity contribution in [2.75, 3.05) is 59.3 Å². The average molecular weight is 645 g/mol. The zero-order valence-corrected chi connectivity index (χ0v) is 32.1. The number of allylic oxidation sites excluding steroid dienone is 1. The van der Waals surface area contributed by atoms with Gasteiger partial charge in [-0.2, -0.15) is 0 Å². The lowest BCUT2D eigenvalue weighted by Crippen LogP contribution is -2.54. The Bertz CT molecular complexity index is 885. The van der Waals surface area contributed by atoms with Crippen LogP contribution in [-0.4, -0.2) is 113 Å². The van der Waals surface area contributed by atoms with E-state index < -0.39 is 11.2 Å². The van der Waals surface area contributed by atoms with Crippen molar-refractivity contribution in [3.05, 3.63) is 12.2 Å². The van der Waals surface area contributed by atoms with E-state index in [2.05, 4.69) is 62.0 Å². The summed E-state index contributed by atoms with van der Waals surface area (Å²) in [4.78, 5) is 15.5. The van der Waals surface area contributed by atoms with Crippen LogP contribution in [0.5, 0.6) is 0 Å². The molecule has 3 heterocycles. The molecule has 3 aliphatic rings. The summed E-state index contributed by atoms with van der Waals surface area (Å²) in [5.41, 5.74) is 0.0195. The molecule has 0 aromatic heterocycles. The number of carbonyl (C=O) groups excluding carboxylic acids is 1. The number of hydrogen-bond acceptors (Lipinski definition) is 7. The number of carbonyl (C=O) groups is 1. The molecule has 0 spiro atoms. The molecule has 9 nitrogen and oxygen atoms in total. The maximum absolute atomic E-state index is 12.0. The molecule has 3 aliphatic heterocycles. The molecule has 0 unspecified atom stereocenters. The first-order chi connectivity index (χ1) is 19.9. The van der Waals surface area contributed by atoms with Crippen LogP contribution in [0.15, 0.2) is 12.2 Å². The van der Waals surface area contributed by atoms with Gasteiger partial charge in [-0.05, 0) is 94.9 Å². The van der Waals surface area contributed by atoms with Crippen LogP contribution >= 0.6 is 0 Å². The Labute approximate surface area is 277 Å². The van der Waals surface area contributed by atoms with Crippen LogP contribution in [0.3, 0.4) is 0 Å². The van der Waals surface area contributed by atoms with E-state index in [9.17, 15) is 15.0 Å². The number of ether oxygens (including phenoxy) is 4. The Morgan fingerprint density at radius 2 is 1.24 bits per heavy atom. The lowest BCUT2D eigenvalue weighted by Gasteiger charge is -2.42. The summed E-state index contributed by atoms with van der Waals surface area (Å²) in [6, 6.07) is 0.0321. The second kappa shape index (κ2) is 16.7. The Kier molecular flexibility index (Phi) is 16.3. The minimum atomic E-state index is -0.816. The third kappa shape index (κ3) is 18.6. The normalized spacial score (nSPS) is 19.6.